The molecule has 3 aromatic carbocycles. The molecular weight excluding hydrogens is 448 g/mol. The molecule has 8 heteroatoms. The molecule has 0 fully saturated rings. The Bertz CT molecular complexity index is 1360. The first-order valence-corrected chi connectivity index (χ1v) is 12.3. The molecule has 174 valence electrons. The zero-order valence-electron chi connectivity index (χ0n) is 19.0. The monoisotopic (exact) mass is 474 g/mol. The Balaban J connectivity index is 1.42. The van der Waals surface area contributed by atoms with Gasteiger partial charge in [-0.3, -0.25) is 13.8 Å². The minimum absolute atomic E-state index is 0.219. The summed E-state index contributed by atoms with van der Waals surface area (Å²) >= 11 is 0. The number of aryl methyl sites for hydroxylation is 1. The van der Waals surface area contributed by atoms with Crippen LogP contribution in [0.25, 0.3) is 0 Å². The summed E-state index contributed by atoms with van der Waals surface area (Å²) < 4.78 is 28.9. The Hall–Kier alpha value is -3.91. The summed E-state index contributed by atoms with van der Waals surface area (Å²) in [6, 6.07) is 23.0. The van der Waals surface area contributed by atoms with Gasteiger partial charge in [0, 0.05) is 31.5 Å². The van der Waals surface area contributed by atoms with Crippen molar-refractivity contribution in [3.63, 3.8) is 0 Å². The summed E-state index contributed by atoms with van der Waals surface area (Å²) in [5.41, 5.74) is 3.99. The van der Waals surface area contributed by atoms with Gasteiger partial charge in [0.15, 0.2) is 0 Å². The van der Waals surface area contributed by atoms with Crippen molar-refractivity contribution in [2.45, 2.75) is 24.9 Å². The quantitative estimate of drug-likeness (QED) is 0.418. The van der Waals surface area contributed by atoms with Crippen molar-refractivity contribution in [3.05, 3.63) is 114 Å². The van der Waals surface area contributed by atoms with Crippen LogP contribution in [0.5, 0.6) is 0 Å². The lowest BCUT2D eigenvalue weighted by Crippen LogP contribution is -2.27. The van der Waals surface area contributed by atoms with Crippen LogP contribution in [-0.2, 0) is 23.1 Å². The van der Waals surface area contributed by atoms with E-state index in [2.05, 4.69) is 10.4 Å². The van der Waals surface area contributed by atoms with E-state index in [-0.39, 0.29) is 10.8 Å². The van der Waals surface area contributed by atoms with E-state index < -0.39 is 10.0 Å². The van der Waals surface area contributed by atoms with Gasteiger partial charge < -0.3 is 5.32 Å². The second-order valence-corrected chi connectivity index (χ2v) is 9.96. The minimum Gasteiger partial charge on any atom is -0.348 e. The second kappa shape index (κ2) is 9.93. The minimum atomic E-state index is -3.69. The van der Waals surface area contributed by atoms with Crippen molar-refractivity contribution in [1.82, 2.24) is 15.1 Å². The highest BCUT2D eigenvalue weighted by Crippen LogP contribution is 2.23. The molecule has 4 rings (SSSR count). The average Bonchev–Trinajstić information content (AvgIpc) is 3.36. The molecule has 1 amide bonds. The first-order valence-electron chi connectivity index (χ1n) is 10.8. The maximum Gasteiger partial charge on any atom is 0.264 e. The third-order valence-corrected chi connectivity index (χ3v) is 7.42. The average molecular weight is 475 g/mol. The fourth-order valence-electron chi connectivity index (χ4n) is 3.56. The van der Waals surface area contributed by atoms with E-state index in [0.717, 1.165) is 16.7 Å². The highest BCUT2D eigenvalue weighted by molar-refractivity contribution is 7.92. The molecule has 0 saturated carbocycles. The highest BCUT2D eigenvalue weighted by Gasteiger charge is 2.21. The number of carbonyl (C=O) groups excluding carboxylic acids is 1. The maximum absolute atomic E-state index is 12.9. The highest BCUT2D eigenvalue weighted by atomic mass is 32.2. The second-order valence-electron chi connectivity index (χ2n) is 7.99. The Morgan fingerprint density at radius 2 is 1.62 bits per heavy atom. The first-order chi connectivity index (χ1) is 16.3. The fourth-order valence-corrected chi connectivity index (χ4v) is 4.76. The molecule has 34 heavy (non-hydrogen) atoms. The van der Waals surface area contributed by atoms with Crippen LogP contribution in [0.1, 0.15) is 27.0 Å². The number of hydrogen-bond acceptors (Lipinski definition) is 4. The topological polar surface area (TPSA) is 84.3 Å². The Kier molecular flexibility index (Phi) is 6.79. The molecule has 0 aliphatic rings. The number of sulfonamides is 1. The number of nitrogens with zero attached hydrogens (tertiary/aromatic N) is 3. The number of nitrogens with one attached hydrogen (secondary N) is 1. The van der Waals surface area contributed by atoms with E-state index in [9.17, 15) is 13.2 Å². The fraction of sp³-hybridized carbons (Fsp3) is 0.154. The number of anilines is 1. The molecule has 0 aliphatic heterocycles. The van der Waals surface area contributed by atoms with Crippen LogP contribution >= 0.6 is 0 Å². The van der Waals surface area contributed by atoms with Crippen molar-refractivity contribution >= 4 is 21.6 Å². The van der Waals surface area contributed by atoms with Crippen LogP contribution in [0.15, 0.2) is 96.2 Å². The smallest absolute Gasteiger partial charge is 0.264 e. The van der Waals surface area contributed by atoms with Gasteiger partial charge in [0.25, 0.3) is 15.9 Å². The molecule has 0 aliphatic carbocycles. The predicted molar refractivity (Wildman–Crippen MR) is 132 cm³/mol. The number of aromatic nitrogens is 2. The molecule has 0 radical (unpaired) electrons. The number of benzene rings is 3. The zero-order valence-corrected chi connectivity index (χ0v) is 19.9. The third-order valence-electron chi connectivity index (χ3n) is 5.62. The van der Waals surface area contributed by atoms with E-state index in [1.807, 2.05) is 48.1 Å². The third kappa shape index (κ3) is 5.18. The summed E-state index contributed by atoms with van der Waals surface area (Å²) in [5, 5.41) is 7.19. The number of amides is 1. The van der Waals surface area contributed by atoms with E-state index >= 15 is 0 Å². The van der Waals surface area contributed by atoms with Crippen LogP contribution in [0.2, 0.25) is 0 Å². The van der Waals surface area contributed by atoms with Crippen molar-refractivity contribution in [2.75, 3.05) is 11.4 Å². The summed E-state index contributed by atoms with van der Waals surface area (Å²) in [6.07, 6.45) is 3.63. The molecule has 0 spiro atoms. The SMILES string of the molecule is Cc1ccc(S(=O)(=O)N(C)c2ccc(C(=O)NCc3ccccc3Cn3cccn3)cc2)cc1. The summed E-state index contributed by atoms with van der Waals surface area (Å²) in [4.78, 5) is 12.9. The van der Waals surface area contributed by atoms with E-state index in [1.165, 1.54) is 11.4 Å². The normalized spacial score (nSPS) is 11.2. The molecule has 1 N–H and O–H groups in total. The van der Waals surface area contributed by atoms with Crippen LogP contribution in [-0.4, -0.2) is 31.2 Å². The van der Waals surface area contributed by atoms with Crippen LogP contribution in [0.4, 0.5) is 5.69 Å². The molecule has 0 saturated heterocycles. The van der Waals surface area contributed by atoms with Crippen molar-refractivity contribution < 1.29 is 13.2 Å². The van der Waals surface area contributed by atoms with Gasteiger partial charge in [-0.1, -0.05) is 42.0 Å². The Morgan fingerprint density at radius 1 is 0.941 bits per heavy atom. The molecule has 0 bridgehead atoms. The molecule has 7 nitrogen and oxygen atoms in total. The van der Waals surface area contributed by atoms with E-state index in [4.69, 9.17) is 0 Å². The van der Waals surface area contributed by atoms with Gasteiger partial charge in [-0.25, -0.2) is 8.42 Å². The summed E-state index contributed by atoms with van der Waals surface area (Å²) in [5.74, 6) is -0.232. The summed E-state index contributed by atoms with van der Waals surface area (Å²) in [6.45, 7) is 2.90. The van der Waals surface area contributed by atoms with Gasteiger partial charge in [0.05, 0.1) is 17.1 Å². The zero-order chi connectivity index (χ0) is 24.1. The number of carbonyl (C=O) groups is 1. The van der Waals surface area contributed by atoms with Gasteiger partial charge in [0.1, 0.15) is 0 Å². The maximum atomic E-state index is 12.9. The molecule has 4 aromatic rings. The molecular formula is C26H26N4O3S. The van der Waals surface area contributed by atoms with E-state index in [1.54, 1.807) is 54.7 Å². The first kappa shape index (κ1) is 23.3. The number of rotatable bonds is 8. The van der Waals surface area contributed by atoms with Crippen LogP contribution in [0.3, 0.4) is 0 Å². The largest absolute Gasteiger partial charge is 0.348 e. The van der Waals surface area contributed by atoms with Crippen LogP contribution < -0.4 is 9.62 Å². The van der Waals surface area contributed by atoms with Gasteiger partial charge in [-0.2, -0.15) is 5.10 Å². The van der Waals surface area contributed by atoms with Gasteiger partial charge in [-0.15, -0.1) is 0 Å². The van der Waals surface area contributed by atoms with Crippen LogP contribution in [0, 0.1) is 6.92 Å². The van der Waals surface area contributed by atoms with Gasteiger partial charge in [0.2, 0.25) is 0 Å². The Labute approximate surface area is 199 Å². The van der Waals surface area contributed by atoms with Crippen molar-refractivity contribution in [1.29, 1.82) is 0 Å². The van der Waals surface area contributed by atoms with Gasteiger partial charge in [-0.05, 0) is 60.5 Å². The lowest BCUT2D eigenvalue weighted by Gasteiger charge is -2.20. The van der Waals surface area contributed by atoms with E-state index in [0.29, 0.717) is 24.3 Å². The Morgan fingerprint density at radius 3 is 2.26 bits per heavy atom. The molecule has 0 atom stereocenters. The standard InChI is InChI=1S/C26H26N4O3S/c1-20-8-14-25(15-9-20)34(32,33)29(2)24-12-10-21(11-13-24)26(31)27-18-22-6-3-4-7-23(22)19-30-17-5-16-28-30/h3-17H,18-19H2,1-2H3,(H,27,31). The van der Waals surface area contributed by atoms with Gasteiger partial charge >= 0.3 is 0 Å². The van der Waals surface area contributed by atoms with Crippen molar-refractivity contribution in [2.24, 2.45) is 0 Å². The predicted octanol–water partition coefficient (Wildman–Crippen LogP) is 3.99. The molecule has 1 aromatic heterocycles. The lowest BCUT2D eigenvalue weighted by atomic mass is 10.1. The lowest BCUT2D eigenvalue weighted by molar-refractivity contribution is 0.0951. The number of hydrogen-bond donors (Lipinski definition) is 1. The summed E-state index contributed by atoms with van der Waals surface area (Å²) in [7, 11) is -2.19. The molecule has 0 unspecified atom stereocenters. The van der Waals surface area contributed by atoms with Crippen molar-refractivity contribution in [3.8, 4) is 0 Å². The molecule has 1 heterocycles.